The van der Waals surface area contributed by atoms with E-state index in [1.807, 2.05) is 0 Å². The van der Waals surface area contributed by atoms with Crippen LogP contribution in [0.4, 0.5) is 0 Å². The van der Waals surface area contributed by atoms with Crippen molar-refractivity contribution in [2.75, 3.05) is 7.11 Å². The second-order valence-corrected chi connectivity index (χ2v) is 6.78. The summed E-state index contributed by atoms with van der Waals surface area (Å²) in [5, 5.41) is 9.47. The van der Waals surface area contributed by atoms with Gasteiger partial charge in [0.15, 0.2) is 0 Å². The molecular formula is C15H27NO. The fourth-order valence-corrected chi connectivity index (χ4v) is 3.03. The molecule has 0 N–H and O–H groups in total. The molecule has 1 aliphatic carbocycles. The van der Waals surface area contributed by atoms with Crippen LogP contribution in [0.5, 0.6) is 0 Å². The van der Waals surface area contributed by atoms with Gasteiger partial charge >= 0.3 is 0 Å². The molecule has 0 aromatic carbocycles. The summed E-state index contributed by atoms with van der Waals surface area (Å²) in [5.41, 5.74) is 0.256. The van der Waals surface area contributed by atoms with Gasteiger partial charge in [-0.25, -0.2) is 0 Å². The molecule has 98 valence electrons. The van der Waals surface area contributed by atoms with Gasteiger partial charge < -0.3 is 4.74 Å². The van der Waals surface area contributed by atoms with Crippen LogP contribution in [0.2, 0.25) is 0 Å². The second kappa shape index (κ2) is 5.40. The van der Waals surface area contributed by atoms with Crippen molar-refractivity contribution in [2.45, 2.75) is 65.9 Å². The molecule has 17 heavy (non-hydrogen) atoms. The summed E-state index contributed by atoms with van der Waals surface area (Å²) in [4.78, 5) is 0. The average molecular weight is 237 g/mol. The molecule has 0 amide bonds. The van der Waals surface area contributed by atoms with Gasteiger partial charge in [-0.1, -0.05) is 20.8 Å². The molecule has 1 atom stereocenters. The van der Waals surface area contributed by atoms with E-state index in [0.29, 0.717) is 5.41 Å². The molecule has 1 rings (SSSR count). The number of nitrogens with zero attached hydrogens (tertiary/aromatic N) is 1. The third-order valence-electron chi connectivity index (χ3n) is 4.49. The van der Waals surface area contributed by atoms with E-state index in [9.17, 15) is 5.26 Å². The number of nitriles is 1. The van der Waals surface area contributed by atoms with E-state index in [-0.39, 0.29) is 11.5 Å². The number of hydrogen-bond donors (Lipinski definition) is 0. The molecule has 0 spiro atoms. The highest BCUT2D eigenvalue weighted by Gasteiger charge is 2.39. The maximum atomic E-state index is 9.47. The van der Waals surface area contributed by atoms with Crippen LogP contribution in [-0.2, 0) is 4.74 Å². The Balaban J connectivity index is 2.61. The smallest absolute Gasteiger partial charge is 0.0690 e. The quantitative estimate of drug-likeness (QED) is 0.738. The van der Waals surface area contributed by atoms with E-state index in [2.05, 4.69) is 33.8 Å². The summed E-state index contributed by atoms with van der Waals surface area (Å²) in [6, 6.07) is 2.57. The van der Waals surface area contributed by atoms with Crippen molar-refractivity contribution in [3.8, 4) is 6.07 Å². The SMILES string of the molecule is COC(C)CC1(C#N)CCC(C(C)(C)C)CC1. The molecule has 0 aromatic rings. The summed E-state index contributed by atoms with van der Waals surface area (Å²) in [6.07, 6.45) is 5.54. The Morgan fingerprint density at radius 1 is 1.35 bits per heavy atom. The van der Waals surface area contributed by atoms with E-state index in [1.54, 1.807) is 7.11 Å². The van der Waals surface area contributed by atoms with E-state index >= 15 is 0 Å². The van der Waals surface area contributed by atoms with Crippen LogP contribution >= 0.6 is 0 Å². The standard InChI is InChI=1S/C15H27NO/c1-12(17-5)10-15(11-16)8-6-13(7-9-15)14(2,3)4/h12-13H,6-10H2,1-5H3. The van der Waals surface area contributed by atoms with Crippen molar-refractivity contribution in [2.24, 2.45) is 16.7 Å². The Kier molecular flexibility index (Phi) is 4.61. The van der Waals surface area contributed by atoms with Crippen LogP contribution in [0.1, 0.15) is 59.8 Å². The van der Waals surface area contributed by atoms with Gasteiger partial charge in [0.2, 0.25) is 0 Å². The molecule has 1 unspecified atom stereocenters. The van der Waals surface area contributed by atoms with Gasteiger partial charge in [0.25, 0.3) is 0 Å². The molecule has 1 fully saturated rings. The molecule has 2 nitrogen and oxygen atoms in total. The maximum Gasteiger partial charge on any atom is 0.0690 e. The zero-order valence-electron chi connectivity index (χ0n) is 12.0. The Morgan fingerprint density at radius 2 is 1.88 bits per heavy atom. The number of methoxy groups -OCH3 is 1. The van der Waals surface area contributed by atoms with Crippen LogP contribution in [0.3, 0.4) is 0 Å². The zero-order chi connectivity index (χ0) is 13.1. The molecule has 0 aromatic heterocycles. The lowest BCUT2D eigenvalue weighted by Gasteiger charge is -2.41. The normalized spacial score (nSPS) is 31.9. The van der Waals surface area contributed by atoms with Crippen molar-refractivity contribution >= 4 is 0 Å². The highest BCUT2D eigenvalue weighted by molar-refractivity contribution is 5.03. The maximum absolute atomic E-state index is 9.47. The lowest BCUT2D eigenvalue weighted by atomic mass is 9.63. The Bertz CT molecular complexity index is 276. The van der Waals surface area contributed by atoms with E-state index in [1.165, 1.54) is 12.8 Å². The predicted molar refractivity (Wildman–Crippen MR) is 70.5 cm³/mol. The molecular weight excluding hydrogens is 210 g/mol. The van der Waals surface area contributed by atoms with E-state index < -0.39 is 0 Å². The second-order valence-electron chi connectivity index (χ2n) is 6.78. The summed E-state index contributed by atoms with van der Waals surface area (Å²) >= 11 is 0. The molecule has 1 saturated carbocycles. The van der Waals surface area contributed by atoms with Crippen LogP contribution in [0.25, 0.3) is 0 Å². The van der Waals surface area contributed by atoms with Gasteiger partial charge in [0, 0.05) is 7.11 Å². The molecule has 1 aliphatic rings. The van der Waals surface area contributed by atoms with Crippen molar-refractivity contribution < 1.29 is 4.74 Å². The van der Waals surface area contributed by atoms with Crippen LogP contribution in [0.15, 0.2) is 0 Å². The van der Waals surface area contributed by atoms with Crippen molar-refractivity contribution in [1.82, 2.24) is 0 Å². The molecule has 2 heteroatoms. The Morgan fingerprint density at radius 3 is 2.24 bits per heavy atom. The minimum Gasteiger partial charge on any atom is -0.382 e. The Hall–Kier alpha value is -0.550. The first kappa shape index (κ1) is 14.5. The van der Waals surface area contributed by atoms with Gasteiger partial charge in [0.05, 0.1) is 17.6 Å². The van der Waals surface area contributed by atoms with Crippen molar-refractivity contribution in [3.63, 3.8) is 0 Å². The predicted octanol–water partition coefficient (Wildman–Crippen LogP) is 4.16. The fourth-order valence-electron chi connectivity index (χ4n) is 3.03. The summed E-state index contributed by atoms with van der Waals surface area (Å²) in [7, 11) is 1.73. The zero-order valence-corrected chi connectivity index (χ0v) is 12.0. The van der Waals surface area contributed by atoms with E-state index in [4.69, 9.17) is 4.74 Å². The summed E-state index contributed by atoms with van der Waals surface area (Å²) in [5.74, 6) is 0.766. The van der Waals surface area contributed by atoms with Crippen molar-refractivity contribution in [1.29, 1.82) is 5.26 Å². The molecule has 0 aliphatic heterocycles. The summed E-state index contributed by atoms with van der Waals surface area (Å²) < 4.78 is 5.32. The highest BCUT2D eigenvalue weighted by Crippen LogP contribution is 2.47. The molecule has 0 radical (unpaired) electrons. The average Bonchev–Trinajstić information content (AvgIpc) is 2.28. The topological polar surface area (TPSA) is 33.0 Å². The van der Waals surface area contributed by atoms with E-state index in [0.717, 1.165) is 25.2 Å². The molecule has 0 saturated heterocycles. The summed E-state index contributed by atoms with van der Waals surface area (Å²) in [6.45, 7) is 9.01. The number of rotatable bonds is 3. The minimum absolute atomic E-state index is 0.128. The monoisotopic (exact) mass is 237 g/mol. The first-order valence-corrected chi connectivity index (χ1v) is 6.77. The van der Waals surface area contributed by atoms with Crippen molar-refractivity contribution in [3.05, 3.63) is 0 Å². The molecule has 0 heterocycles. The van der Waals surface area contributed by atoms with Gasteiger partial charge in [-0.15, -0.1) is 0 Å². The fraction of sp³-hybridized carbons (Fsp3) is 0.933. The first-order chi connectivity index (χ1) is 7.83. The molecule has 0 bridgehead atoms. The largest absolute Gasteiger partial charge is 0.382 e. The number of ether oxygens (including phenoxy) is 1. The van der Waals surface area contributed by atoms with Crippen LogP contribution in [-0.4, -0.2) is 13.2 Å². The van der Waals surface area contributed by atoms with Gasteiger partial charge in [-0.3, -0.25) is 0 Å². The van der Waals surface area contributed by atoms with Gasteiger partial charge in [-0.2, -0.15) is 5.26 Å². The Labute approximate surface area is 106 Å². The first-order valence-electron chi connectivity index (χ1n) is 6.77. The van der Waals surface area contributed by atoms with Crippen LogP contribution in [0, 0.1) is 28.1 Å². The van der Waals surface area contributed by atoms with Gasteiger partial charge in [0.1, 0.15) is 0 Å². The minimum atomic E-state index is -0.128. The van der Waals surface area contributed by atoms with Gasteiger partial charge in [-0.05, 0) is 50.4 Å². The van der Waals surface area contributed by atoms with Crippen LogP contribution < -0.4 is 0 Å². The lowest BCUT2D eigenvalue weighted by Crippen LogP contribution is -2.34. The lowest BCUT2D eigenvalue weighted by molar-refractivity contribution is 0.0480. The third kappa shape index (κ3) is 3.71. The third-order valence-corrected chi connectivity index (χ3v) is 4.49. The highest BCUT2D eigenvalue weighted by atomic mass is 16.5. The number of hydrogen-bond acceptors (Lipinski definition) is 2.